The summed E-state index contributed by atoms with van der Waals surface area (Å²) in [5.74, 6) is 0.761. The van der Waals surface area contributed by atoms with E-state index in [1.165, 1.54) is 11.6 Å². The highest BCUT2D eigenvalue weighted by Gasteiger charge is 2.14. The van der Waals surface area contributed by atoms with Gasteiger partial charge in [-0.05, 0) is 42.2 Å². The Balaban J connectivity index is 3.12. The smallest absolute Gasteiger partial charge is 0.238 e. The second kappa shape index (κ2) is 6.41. The first-order valence-electron chi connectivity index (χ1n) is 5.81. The van der Waals surface area contributed by atoms with E-state index in [1.807, 2.05) is 20.8 Å². The van der Waals surface area contributed by atoms with Gasteiger partial charge in [-0.1, -0.05) is 25.4 Å². The van der Waals surface area contributed by atoms with Crippen LogP contribution in [0.2, 0.25) is 0 Å². The molecule has 1 rings (SSSR count). The van der Waals surface area contributed by atoms with E-state index < -0.39 is 10.0 Å². The van der Waals surface area contributed by atoms with Gasteiger partial charge in [-0.25, -0.2) is 13.6 Å². The third kappa shape index (κ3) is 4.53. The van der Waals surface area contributed by atoms with Crippen LogP contribution >= 0.6 is 11.6 Å². The first-order chi connectivity index (χ1) is 8.75. The minimum atomic E-state index is -3.70. The highest BCUT2D eigenvalue weighted by Crippen LogP contribution is 2.29. The molecule has 6 heteroatoms. The summed E-state index contributed by atoms with van der Waals surface area (Å²) in [4.78, 5) is 0.0909. The Morgan fingerprint density at radius 3 is 2.58 bits per heavy atom. The van der Waals surface area contributed by atoms with Crippen molar-refractivity contribution in [2.45, 2.75) is 31.6 Å². The number of ether oxygens (including phenoxy) is 1. The van der Waals surface area contributed by atoms with Gasteiger partial charge in [-0.3, -0.25) is 0 Å². The average Bonchev–Trinajstić information content (AvgIpc) is 2.34. The lowest BCUT2D eigenvalue weighted by Gasteiger charge is -2.15. The third-order valence-corrected chi connectivity index (χ3v) is 3.86. The van der Waals surface area contributed by atoms with Crippen LogP contribution < -0.4 is 9.88 Å². The second-order valence-corrected chi connectivity index (χ2v) is 6.42. The Bertz CT molecular complexity index is 580. The number of hydrogen-bond donors (Lipinski definition) is 1. The van der Waals surface area contributed by atoms with Crippen molar-refractivity contribution in [1.82, 2.24) is 0 Å². The van der Waals surface area contributed by atoms with E-state index in [9.17, 15) is 8.42 Å². The molecule has 0 fully saturated rings. The Labute approximate surface area is 119 Å². The highest BCUT2D eigenvalue weighted by molar-refractivity contribution is 7.89. The molecule has 1 aromatic rings. The van der Waals surface area contributed by atoms with E-state index in [1.54, 1.807) is 12.1 Å². The number of rotatable bonds is 5. The van der Waals surface area contributed by atoms with Crippen LogP contribution in [-0.4, -0.2) is 15.0 Å². The molecule has 0 spiro atoms. The third-order valence-electron chi connectivity index (χ3n) is 2.57. The molecule has 0 amide bonds. The van der Waals surface area contributed by atoms with Gasteiger partial charge in [-0.15, -0.1) is 0 Å². The maximum Gasteiger partial charge on any atom is 0.238 e. The van der Waals surface area contributed by atoms with Crippen LogP contribution in [0.1, 0.15) is 32.3 Å². The Morgan fingerprint density at radius 2 is 2.11 bits per heavy atom. The molecule has 0 radical (unpaired) electrons. The fourth-order valence-corrected chi connectivity index (χ4v) is 2.12. The molecule has 0 unspecified atom stereocenters. The molecule has 106 valence electrons. The molecule has 2 N–H and O–H groups in total. The van der Waals surface area contributed by atoms with Crippen LogP contribution in [0.5, 0.6) is 5.75 Å². The standard InChI is InChI=1S/C13H18ClNO3S/c1-9(2)12-6-11(19(15,16)17)4-5-13(12)18-8-10(3)7-14/h4-7,9H,8H2,1-3H3,(H2,15,16,17)/b10-7+. The van der Waals surface area contributed by atoms with E-state index in [2.05, 4.69) is 0 Å². The van der Waals surface area contributed by atoms with Gasteiger partial charge in [0, 0.05) is 5.54 Å². The van der Waals surface area contributed by atoms with Crippen LogP contribution in [0.25, 0.3) is 0 Å². The summed E-state index contributed by atoms with van der Waals surface area (Å²) in [7, 11) is -3.70. The van der Waals surface area contributed by atoms with Gasteiger partial charge in [0.2, 0.25) is 10.0 Å². The molecule has 0 saturated carbocycles. The number of nitrogens with two attached hydrogens (primary N) is 1. The summed E-state index contributed by atoms with van der Waals surface area (Å²) >= 11 is 5.57. The number of primary sulfonamides is 1. The summed E-state index contributed by atoms with van der Waals surface area (Å²) in [5.41, 5.74) is 3.13. The summed E-state index contributed by atoms with van der Waals surface area (Å²) in [6.07, 6.45) is 0. The van der Waals surface area contributed by atoms with Crippen LogP contribution in [0, 0.1) is 0 Å². The van der Waals surface area contributed by atoms with Gasteiger partial charge < -0.3 is 4.74 Å². The SMILES string of the molecule is C/C(=C\Cl)COc1ccc(S(N)(=O)=O)cc1C(C)C. The largest absolute Gasteiger partial charge is 0.489 e. The lowest BCUT2D eigenvalue weighted by atomic mass is 10.0. The molecular formula is C13H18ClNO3S. The molecule has 0 aliphatic rings. The molecule has 0 heterocycles. The maximum atomic E-state index is 11.3. The molecule has 0 atom stereocenters. The molecule has 0 aromatic heterocycles. The van der Waals surface area contributed by atoms with Gasteiger partial charge in [0.15, 0.2) is 0 Å². The molecule has 0 bridgehead atoms. The van der Waals surface area contributed by atoms with E-state index >= 15 is 0 Å². The van der Waals surface area contributed by atoms with Crippen LogP contribution in [-0.2, 0) is 10.0 Å². The summed E-state index contributed by atoms with van der Waals surface area (Å²) in [6, 6.07) is 4.61. The van der Waals surface area contributed by atoms with Crippen molar-refractivity contribution in [3.63, 3.8) is 0 Å². The monoisotopic (exact) mass is 303 g/mol. The molecule has 0 aliphatic heterocycles. The molecule has 1 aromatic carbocycles. The van der Waals surface area contributed by atoms with Crippen molar-refractivity contribution < 1.29 is 13.2 Å². The zero-order valence-electron chi connectivity index (χ0n) is 11.2. The van der Waals surface area contributed by atoms with Gasteiger partial charge in [-0.2, -0.15) is 0 Å². The number of sulfonamides is 1. The number of halogens is 1. The van der Waals surface area contributed by atoms with Crippen molar-refractivity contribution >= 4 is 21.6 Å². The van der Waals surface area contributed by atoms with Gasteiger partial charge >= 0.3 is 0 Å². The van der Waals surface area contributed by atoms with Gasteiger partial charge in [0.1, 0.15) is 12.4 Å². The normalized spacial score (nSPS) is 12.8. The Hall–Kier alpha value is -1.04. The quantitative estimate of drug-likeness (QED) is 0.909. The van der Waals surface area contributed by atoms with Crippen LogP contribution in [0.15, 0.2) is 34.2 Å². The topological polar surface area (TPSA) is 69.4 Å². The van der Waals surface area contributed by atoms with Crippen LogP contribution in [0.4, 0.5) is 0 Å². The molecule has 0 saturated heterocycles. The fourth-order valence-electron chi connectivity index (χ4n) is 1.51. The fraction of sp³-hybridized carbons (Fsp3) is 0.385. The summed E-state index contributed by atoms with van der Waals surface area (Å²) < 4.78 is 28.3. The number of benzene rings is 1. The second-order valence-electron chi connectivity index (χ2n) is 4.64. The van der Waals surface area contributed by atoms with Crippen molar-refractivity contribution in [2.24, 2.45) is 5.14 Å². The molecular weight excluding hydrogens is 286 g/mol. The zero-order valence-corrected chi connectivity index (χ0v) is 12.8. The molecule has 0 aliphatic carbocycles. The van der Waals surface area contributed by atoms with Crippen molar-refractivity contribution in [3.05, 3.63) is 34.9 Å². The lowest BCUT2D eigenvalue weighted by molar-refractivity contribution is 0.347. The highest BCUT2D eigenvalue weighted by atomic mass is 35.5. The molecule has 19 heavy (non-hydrogen) atoms. The predicted molar refractivity (Wildman–Crippen MR) is 77.0 cm³/mol. The number of hydrogen-bond acceptors (Lipinski definition) is 3. The first-order valence-corrected chi connectivity index (χ1v) is 7.79. The Morgan fingerprint density at radius 1 is 1.47 bits per heavy atom. The minimum Gasteiger partial charge on any atom is -0.489 e. The summed E-state index contributed by atoms with van der Waals surface area (Å²) in [6.45, 7) is 6.12. The molecule has 4 nitrogen and oxygen atoms in total. The van der Waals surface area contributed by atoms with Gasteiger partial charge in [0.25, 0.3) is 0 Å². The zero-order chi connectivity index (χ0) is 14.6. The van der Waals surface area contributed by atoms with E-state index in [4.69, 9.17) is 21.5 Å². The van der Waals surface area contributed by atoms with Gasteiger partial charge in [0.05, 0.1) is 4.90 Å². The minimum absolute atomic E-state index is 0.0909. The summed E-state index contributed by atoms with van der Waals surface area (Å²) in [5, 5.41) is 5.12. The van der Waals surface area contributed by atoms with Crippen molar-refractivity contribution in [3.8, 4) is 5.75 Å². The van der Waals surface area contributed by atoms with Crippen molar-refractivity contribution in [2.75, 3.05) is 6.61 Å². The van der Waals surface area contributed by atoms with Crippen LogP contribution in [0.3, 0.4) is 0 Å². The Kier molecular flexibility index (Phi) is 5.40. The maximum absolute atomic E-state index is 11.3. The van der Waals surface area contributed by atoms with E-state index in [0.29, 0.717) is 12.4 Å². The first kappa shape index (κ1) is 16.0. The van der Waals surface area contributed by atoms with Crippen molar-refractivity contribution in [1.29, 1.82) is 0 Å². The van der Waals surface area contributed by atoms with E-state index in [0.717, 1.165) is 11.1 Å². The predicted octanol–water partition coefficient (Wildman–Crippen LogP) is 2.98. The van der Waals surface area contributed by atoms with E-state index in [-0.39, 0.29) is 10.8 Å². The average molecular weight is 304 g/mol. The lowest BCUT2D eigenvalue weighted by Crippen LogP contribution is -2.13.